The van der Waals surface area contributed by atoms with E-state index in [2.05, 4.69) is 32.9 Å². The normalized spacial score (nSPS) is 11.8. The zero-order valence-corrected chi connectivity index (χ0v) is 24.1. The highest BCUT2D eigenvalue weighted by molar-refractivity contribution is 5.91. The van der Waals surface area contributed by atoms with Crippen molar-refractivity contribution in [2.45, 2.75) is 84.5 Å². The number of carbonyl (C=O) groups excluding carboxylic acids is 1. The summed E-state index contributed by atoms with van der Waals surface area (Å²) in [6.45, 7) is 8.73. The van der Waals surface area contributed by atoms with Crippen molar-refractivity contribution in [3.8, 4) is 22.6 Å². The van der Waals surface area contributed by atoms with E-state index in [9.17, 15) is 4.79 Å². The van der Waals surface area contributed by atoms with E-state index < -0.39 is 0 Å². The van der Waals surface area contributed by atoms with E-state index in [1.165, 1.54) is 50.5 Å². The second-order valence-electron chi connectivity index (χ2n) is 10.4. The molecule has 39 heavy (non-hydrogen) atoms. The lowest BCUT2D eigenvalue weighted by Gasteiger charge is -2.13. The van der Waals surface area contributed by atoms with Crippen LogP contribution in [0.3, 0.4) is 0 Å². The average Bonchev–Trinajstić information content (AvgIpc) is 2.97. The fourth-order valence-electron chi connectivity index (χ4n) is 4.50. The minimum Gasteiger partial charge on any atom is -0.494 e. The predicted molar refractivity (Wildman–Crippen MR) is 161 cm³/mol. The van der Waals surface area contributed by atoms with Gasteiger partial charge in [0, 0.05) is 12.5 Å². The van der Waals surface area contributed by atoms with Crippen LogP contribution >= 0.6 is 0 Å². The van der Waals surface area contributed by atoms with Crippen molar-refractivity contribution < 1.29 is 19.0 Å². The van der Waals surface area contributed by atoms with Crippen molar-refractivity contribution >= 4 is 5.97 Å². The molecule has 0 aliphatic rings. The Balaban J connectivity index is 1.42. The third-order valence-corrected chi connectivity index (χ3v) is 6.95. The third-order valence-electron chi connectivity index (χ3n) is 6.95. The number of hydrogen-bond acceptors (Lipinski definition) is 4. The summed E-state index contributed by atoms with van der Waals surface area (Å²) in [5.74, 6) is 1.37. The molecule has 3 aromatic rings. The maximum atomic E-state index is 12.7. The monoisotopic (exact) mass is 530 g/mol. The van der Waals surface area contributed by atoms with Crippen molar-refractivity contribution in [1.29, 1.82) is 0 Å². The van der Waals surface area contributed by atoms with Crippen LogP contribution in [0.5, 0.6) is 11.5 Å². The van der Waals surface area contributed by atoms with Gasteiger partial charge in [0.1, 0.15) is 11.5 Å². The summed E-state index contributed by atoms with van der Waals surface area (Å²) in [7, 11) is 0. The van der Waals surface area contributed by atoms with Crippen LogP contribution in [0.4, 0.5) is 0 Å². The van der Waals surface area contributed by atoms with E-state index in [0.29, 0.717) is 23.8 Å². The predicted octanol–water partition coefficient (Wildman–Crippen LogP) is 9.62. The van der Waals surface area contributed by atoms with Crippen molar-refractivity contribution in [3.05, 3.63) is 83.9 Å². The van der Waals surface area contributed by atoms with Gasteiger partial charge in [0.2, 0.25) is 0 Å². The van der Waals surface area contributed by atoms with Crippen molar-refractivity contribution in [2.75, 3.05) is 19.8 Å². The van der Waals surface area contributed by atoms with Crippen LogP contribution in [0, 0.1) is 0 Å². The van der Waals surface area contributed by atoms with Gasteiger partial charge in [-0.2, -0.15) is 0 Å². The minimum atomic E-state index is -0.363. The third kappa shape index (κ3) is 10.9. The number of hydrogen-bond donors (Lipinski definition) is 0. The largest absolute Gasteiger partial charge is 0.494 e. The first-order valence-corrected chi connectivity index (χ1v) is 14.8. The second kappa shape index (κ2) is 17.5. The fourth-order valence-corrected chi connectivity index (χ4v) is 4.50. The van der Waals surface area contributed by atoms with Crippen LogP contribution in [0.25, 0.3) is 11.1 Å². The lowest BCUT2D eigenvalue weighted by Crippen LogP contribution is -2.09. The molecule has 4 nitrogen and oxygen atoms in total. The Morgan fingerprint density at radius 2 is 1.21 bits per heavy atom. The maximum absolute atomic E-state index is 12.7. The van der Waals surface area contributed by atoms with Crippen LogP contribution < -0.4 is 9.47 Å². The molecule has 0 saturated carbocycles. The van der Waals surface area contributed by atoms with Crippen LogP contribution in [0.15, 0.2) is 72.8 Å². The summed E-state index contributed by atoms with van der Waals surface area (Å²) >= 11 is 0. The second-order valence-corrected chi connectivity index (χ2v) is 10.4. The highest BCUT2D eigenvalue weighted by Crippen LogP contribution is 2.24. The number of rotatable bonds is 18. The highest BCUT2D eigenvalue weighted by atomic mass is 16.5. The number of esters is 1. The first-order chi connectivity index (χ1) is 19.1. The minimum absolute atomic E-state index is 0.296. The molecule has 0 aromatic heterocycles. The Hall–Kier alpha value is -3.11. The van der Waals surface area contributed by atoms with E-state index in [1.54, 1.807) is 0 Å². The molecule has 0 N–H and O–H groups in total. The van der Waals surface area contributed by atoms with Crippen LogP contribution in [0.2, 0.25) is 0 Å². The Kier molecular flexibility index (Phi) is 13.6. The van der Waals surface area contributed by atoms with Crippen LogP contribution in [0.1, 0.15) is 100 Å². The smallest absolute Gasteiger partial charge is 0.343 e. The molecular weight excluding hydrogens is 484 g/mol. The molecule has 0 saturated heterocycles. The Bertz CT molecular complexity index is 1070. The molecule has 3 rings (SSSR count). The van der Waals surface area contributed by atoms with E-state index in [-0.39, 0.29) is 5.97 Å². The molecule has 0 aliphatic carbocycles. The fraction of sp³-hybridized carbons (Fsp3) is 0.457. The van der Waals surface area contributed by atoms with Crippen LogP contribution in [-0.2, 0) is 4.74 Å². The summed E-state index contributed by atoms with van der Waals surface area (Å²) in [5.41, 5.74) is 3.82. The molecular formula is C35H46O4. The van der Waals surface area contributed by atoms with Gasteiger partial charge < -0.3 is 14.2 Å². The summed E-state index contributed by atoms with van der Waals surface area (Å²) < 4.78 is 17.2. The topological polar surface area (TPSA) is 44.8 Å². The molecule has 0 radical (unpaired) electrons. The zero-order chi connectivity index (χ0) is 27.7. The number of benzene rings is 3. The highest BCUT2D eigenvalue weighted by Gasteiger charge is 2.11. The quantitative estimate of drug-likeness (QED) is 0.0933. The summed E-state index contributed by atoms with van der Waals surface area (Å²) in [6.07, 6.45) is 11.4. The molecule has 210 valence electrons. The van der Waals surface area contributed by atoms with E-state index in [4.69, 9.17) is 14.2 Å². The lowest BCUT2D eigenvalue weighted by molar-refractivity contribution is 0.0734. The van der Waals surface area contributed by atoms with Gasteiger partial charge in [-0.1, -0.05) is 102 Å². The molecule has 4 heteroatoms. The van der Waals surface area contributed by atoms with Crippen LogP contribution in [-0.4, -0.2) is 25.8 Å². The molecule has 0 heterocycles. The standard InChI is InChI=1S/C35H46O4/c1-4-6-7-8-9-10-11-12-26-38-33-21-19-31(20-22-33)30-13-15-32(16-14-30)35(36)39-34-23-17-29(18-24-34)28(3)27-37-25-5-2/h13-24,28H,4-12,25-27H2,1-3H3. The zero-order valence-electron chi connectivity index (χ0n) is 24.1. The van der Waals surface area contributed by atoms with Gasteiger partial charge >= 0.3 is 5.97 Å². The molecule has 0 fully saturated rings. The number of unbranched alkanes of at least 4 members (excludes halogenated alkanes) is 7. The van der Waals surface area contributed by atoms with E-state index >= 15 is 0 Å². The van der Waals surface area contributed by atoms with Gasteiger partial charge in [0.05, 0.1) is 18.8 Å². The van der Waals surface area contributed by atoms with Gasteiger partial charge in [0.15, 0.2) is 0 Å². The summed E-state index contributed by atoms with van der Waals surface area (Å²) in [5, 5.41) is 0. The van der Waals surface area contributed by atoms with Gasteiger partial charge in [-0.15, -0.1) is 0 Å². The SMILES string of the molecule is CCCCCCCCCCOc1ccc(-c2ccc(C(=O)Oc3ccc(C(C)COCCC)cc3)cc2)cc1. The summed E-state index contributed by atoms with van der Waals surface area (Å²) in [4.78, 5) is 12.7. The molecule has 0 aliphatic heterocycles. The molecule has 0 spiro atoms. The molecule has 0 amide bonds. The van der Waals surface area contributed by atoms with Crippen molar-refractivity contribution in [3.63, 3.8) is 0 Å². The average molecular weight is 531 g/mol. The van der Waals surface area contributed by atoms with Gasteiger partial charge in [-0.25, -0.2) is 4.79 Å². The van der Waals surface area contributed by atoms with E-state index in [1.807, 2.05) is 60.7 Å². The molecule has 0 bridgehead atoms. The number of ether oxygens (including phenoxy) is 3. The van der Waals surface area contributed by atoms with Crippen molar-refractivity contribution in [1.82, 2.24) is 0 Å². The summed E-state index contributed by atoms with van der Waals surface area (Å²) in [6, 6.07) is 23.4. The Morgan fingerprint density at radius 1 is 0.641 bits per heavy atom. The van der Waals surface area contributed by atoms with Gasteiger partial charge in [-0.3, -0.25) is 0 Å². The Morgan fingerprint density at radius 3 is 1.82 bits per heavy atom. The van der Waals surface area contributed by atoms with Gasteiger partial charge in [0.25, 0.3) is 0 Å². The van der Waals surface area contributed by atoms with E-state index in [0.717, 1.165) is 42.9 Å². The lowest BCUT2D eigenvalue weighted by atomic mass is 10.0. The first-order valence-electron chi connectivity index (χ1n) is 14.8. The van der Waals surface area contributed by atoms with Gasteiger partial charge in [-0.05, 0) is 65.9 Å². The molecule has 1 unspecified atom stereocenters. The first kappa shape index (κ1) is 30.4. The molecule has 1 atom stereocenters. The maximum Gasteiger partial charge on any atom is 0.343 e. The molecule has 3 aromatic carbocycles. The number of carbonyl (C=O) groups is 1. The Labute approximate surface area is 235 Å². The van der Waals surface area contributed by atoms with Crippen molar-refractivity contribution in [2.24, 2.45) is 0 Å².